The van der Waals surface area contributed by atoms with Crippen LogP contribution in [0.25, 0.3) is 0 Å². The van der Waals surface area contributed by atoms with E-state index in [1.165, 1.54) is 29.7 Å². The molecule has 0 amide bonds. The first-order valence-electron chi connectivity index (χ1n) is 6.26. The number of anilines is 1. The fraction of sp³-hybridized carbons (Fsp3) is 0.571. The fourth-order valence-corrected chi connectivity index (χ4v) is 2.89. The van der Waals surface area contributed by atoms with Crippen molar-refractivity contribution in [1.29, 1.82) is 0 Å². The van der Waals surface area contributed by atoms with Gasteiger partial charge < -0.3 is 11.1 Å². The van der Waals surface area contributed by atoms with Crippen molar-refractivity contribution < 1.29 is 0 Å². The molecule has 0 aromatic heterocycles. The van der Waals surface area contributed by atoms with Gasteiger partial charge in [0.05, 0.1) is 0 Å². The van der Waals surface area contributed by atoms with Crippen LogP contribution < -0.4 is 11.1 Å². The molecule has 2 aliphatic rings. The van der Waals surface area contributed by atoms with E-state index in [0.29, 0.717) is 11.3 Å². The molecular formula is C14H20N2. The van der Waals surface area contributed by atoms with Gasteiger partial charge in [-0.05, 0) is 29.9 Å². The van der Waals surface area contributed by atoms with Crippen molar-refractivity contribution in [3.05, 3.63) is 29.3 Å². The van der Waals surface area contributed by atoms with Gasteiger partial charge in [0, 0.05) is 23.7 Å². The first kappa shape index (κ1) is 10.2. The van der Waals surface area contributed by atoms with Crippen molar-refractivity contribution in [3.8, 4) is 0 Å². The third-order valence-corrected chi connectivity index (χ3v) is 4.26. The van der Waals surface area contributed by atoms with E-state index < -0.39 is 0 Å². The van der Waals surface area contributed by atoms with Crippen LogP contribution in [0.1, 0.15) is 49.8 Å². The van der Waals surface area contributed by atoms with Gasteiger partial charge in [0.2, 0.25) is 0 Å². The Morgan fingerprint density at radius 2 is 2.12 bits per heavy atom. The van der Waals surface area contributed by atoms with Gasteiger partial charge in [-0.2, -0.15) is 0 Å². The molecule has 1 aromatic carbocycles. The molecule has 86 valence electrons. The summed E-state index contributed by atoms with van der Waals surface area (Å²) in [7, 11) is 0. The number of hydrogen-bond donors (Lipinski definition) is 2. The lowest BCUT2D eigenvalue weighted by Gasteiger charge is -2.34. The van der Waals surface area contributed by atoms with Crippen LogP contribution in [0, 0.1) is 5.41 Å². The Kier molecular flexibility index (Phi) is 2.05. The largest absolute Gasteiger partial charge is 0.384 e. The summed E-state index contributed by atoms with van der Waals surface area (Å²) in [6, 6.07) is 6.80. The van der Waals surface area contributed by atoms with E-state index in [0.717, 1.165) is 6.54 Å². The molecular weight excluding hydrogens is 196 g/mol. The van der Waals surface area contributed by atoms with Crippen LogP contribution in [0.4, 0.5) is 5.69 Å². The molecule has 1 aromatic rings. The summed E-state index contributed by atoms with van der Waals surface area (Å²) in [5, 5.41) is 3.62. The second-order valence-electron chi connectivity index (χ2n) is 5.66. The average Bonchev–Trinajstić information content (AvgIpc) is 3.04. The number of fused-ring (bicyclic) bond motifs is 1. The summed E-state index contributed by atoms with van der Waals surface area (Å²) in [6.07, 6.45) is 2.57. The standard InChI is InChI=1S/C14H20N2/c1-9(2)10-4-3-5-11-12(10)16-8-14(6-7-14)13(11)15/h3-5,9,13,16H,6-8,15H2,1-2H3. The highest BCUT2D eigenvalue weighted by molar-refractivity contribution is 5.63. The lowest BCUT2D eigenvalue weighted by Crippen LogP contribution is -2.34. The van der Waals surface area contributed by atoms with Crippen LogP contribution in [0.3, 0.4) is 0 Å². The highest BCUT2D eigenvalue weighted by Gasteiger charge is 2.51. The zero-order chi connectivity index (χ0) is 11.3. The monoisotopic (exact) mass is 216 g/mol. The number of nitrogens with two attached hydrogens (primary N) is 1. The van der Waals surface area contributed by atoms with Crippen LogP contribution in [-0.2, 0) is 0 Å². The molecule has 0 bridgehead atoms. The van der Waals surface area contributed by atoms with E-state index in [1.807, 2.05) is 0 Å². The number of para-hydroxylation sites is 1. The molecule has 1 heterocycles. The zero-order valence-electron chi connectivity index (χ0n) is 10.1. The molecule has 1 unspecified atom stereocenters. The minimum absolute atomic E-state index is 0.238. The minimum atomic E-state index is 0.238. The summed E-state index contributed by atoms with van der Waals surface area (Å²) >= 11 is 0. The first-order valence-corrected chi connectivity index (χ1v) is 6.26. The molecule has 1 saturated carbocycles. The van der Waals surface area contributed by atoms with Gasteiger partial charge in [-0.3, -0.25) is 0 Å². The Balaban J connectivity index is 2.08. The summed E-state index contributed by atoms with van der Waals surface area (Å²) in [5.74, 6) is 0.558. The topological polar surface area (TPSA) is 38.0 Å². The Morgan fingerprint density at radius 3 is 2.75 bits per heavy atom. The van der Waals surface area contributed by atoms with Gasteiger partial charge in [-0.15, -0.1) is 0 Å². The number of rotatable bonds is 1. The number of hydrogen-bond acceptors (Lipinski definition) is 2. The maximum absolute atomic E-state index is 6.42. The molecule has 1 atom stereocenters. The lowest BCUT2D eigenvalue weighted by atomic mass is 9.83. The average molecular weight is 216 g/mol. The Hall–Kier alpha value is -1.02. The zero-order valence-corrected chi connectivity index (χ0v) is 10.1. The highest BCUT2D eigenvalue weighted by atomic mass is 15.0. The summed E-state index contributed by atoms with van der Waals surface area (Å²) in [5.41, 5.74) is 10.8. The summed E-state index contributed by atoms with van der Waals surface area (Å²) < 4.78 is 0. The smallest absolute Gasteiger partial charge is 0.0424 e. The molecule has 3 rings (SSSR count). The molecule has 0 saturated heterocycles. The summed E-state index contributed by atoms with van der Waals surface area (Å²) in [6.45, 7) is 5.54. The molecule has 3 N–H and O–H groups in total. The number of nitrogens with one attached hydrogen (secondary N) is 1. The van der Waals surface area contributed by atoms with Crippen LogP contribution >= 0.6 is 0 Å². The van der Waals surface area contributed by atoms with E-state index in [4.69, 9.17) is 5.73 Å². The highest BCUT2D eigenvalue weighted by Crippen LogP contribution is 2.57. The molecule has 1 aliphatic carbocycles. The normalized spacial score (nSPS) is 25.4. The first-order chi connectivity index (χ1) is 7.64. The predicted molar refractivity (Wildman–Crippen MR) is 67.6 cm³/mol. The molecule has 2 heteroatoms. The quantitative estimate of drug-likeness (QED) is 0.757. The number of benzene rings is 1. The molecule has 1 spiro atoms. The molecule has 0 radical (unpaired) electrons. The van der Waals surface area contributed by atoms with Crippen molar-refractivity contribution in [2.24, 2.45) is 11.1 Å². The van der Waals surface area contributed by atoms with Crippen molar-refractivity contribution >= 4 is 5.69 Å². The van der Waals surface area contributed by atoms with Crippen molar-refractivity contribution in [2.75, 3.05) is 11.9 Å². The van der Waals surface area contributed by atoms with Gasteiger partial charge in [0.25, 0.3) is 0 Å². The summed E-state index contributed by atoms with van der Waals surface area (Å²) in [4.78, 5) is 0. The van der Waals surface area contributed by atoms with Gasteiger partial charge in [0.15, 0.2) is 0 Å². The Morgan fingerprint density at radius 1 is 1.38 bits per heavy atom. The van der Waals surface area contributed by atoms with Crippen LogP contribution in [0.2, 0.25) is 0 Å². The van der Waals surface area contributed by atoms with Crippen molar-refractivity contribution in [3.63, 3.8) is 0 Å². The van der Waals surface area contributed by atoms with Crippen LogP contribution in [0.15, 0.2) is 18.2 Å². The maximum atomic E-state index is 6.42. The van der Waals surface area contributed by atoms with Gasteiger partial charge >= 0.3 is 0 Å². The van der Waals surface area contributed by atoms with E-state index >= 15 is 0 Å². The molecule has 1 fully saturated rings. The van der Waals surface area contributed by atoms with Gasteiger partial charge in [-0.1, -0.05) is 32.0 Å². The van der Waals surface area contributed by atoms with E-state index in [9.17, 15) is 0 Å². The molecule has 2 nitrogen and oxygen atoms in total. The molecule has 1 aliphatic heterocycles. The minimum Gasteiger partial charge on any atom is -0.384 e. The second-order valence-corrected chi connectivity index (χ2v) is 5.66. The SMILES string of the molecule is CC(C)c1cccc2c1NCC1(CC1)C2N. The molecule has 16 heavy (non-hydrogen) atoms. The van der Waals surface area contributed by atoms with Crippen LogP contribution in [-0.4, -0.2) is 6.54 Å². The Bertz CT molecular complexity index is 419. The second kappa shape index (κ2) is 3.24. The predicted octanol–water partition coefficient (Wildman–Crippen LogP) is 3.02. The van der Waals surface area contributed by atoms with Crippen molar-refractivity contribution in [2.45, 2.75) is 38.6 Å². The van der Waals surface area contributed by atoms with Crippen molar-refractivity contribution in [1.82, 2.24) is 0 Å². The Labute approximate surface area is 97.2 Å². The third kappa shape index (κ3) is 1.29. The van der Waals surface area contributed by atoms with Gasteiger partial charge in [0.1, 0.15) is 0 Å². The van der Waals surface area contributed by atoms with Crippen LogP contribution in [0.5, 0.6) is 0 Å². The van der Waals surface area contributed by atoms with E-state index in [2.05, 4.69) is 37.4 Å². The fourth-order valence-electron chi connectivity index (χ4n) is 2.89. The lowest BCUT2D eigenvalue weighted by molar-refractivity contribution is 0.417. The van der Waals surface area contributed by atoms with Gasteiger partial charge in [-0.25, -0.2) is 0 Å². The maximum Gasteiger partial charge on any atom is 0.0424 e. The van der Waals surface area contributed by atoms with E-state index in [-0.39, 0.29) is 6.04 Å². The van der Waals surface area contributed by atoms with E-state index in [1.54, 1.807) is 0 Å². The third-order valence-electron chi connectivity index (χ3n) is 4.26.